The monoisotopic (exact) mass is 373 g/mol. The second kappa shape index (κ2) is 6.50. The van der Waals surface area contributed by atoms with Gasteiger partial charge in [0.15, 0.2) is 5.65 Å². The van der Waals surface area contributed by atoms with E-state index >= 15 is 0 Å². The molecule has 0 fully saturated rings. The van der Waals surface area contributed by atoms with Crippen molar-refractivity contribution in [3.05, 3.63) is 47.3 Å². The first-order chi connectivity index (χ1) is 12.2. The first kappa shape index (κ1) is 18.0. The molecule has 136 valence electrons. The molecule has 0 radical (unpaired) electrons. The zero-order chi connectivity index (χ0) is 19.1. The molecule has 3 aromatic rings. The number of hydrogen-bond donors (Lipinski definition) is 2. The molecule has 2 heterocycles. The lowest BCUT2D eigenvalue weighted by molar-refractivity contribution is 0.102. The fourth-order valence-corrected chi connectivity index (χ4v) is 3.46. The summed E-state index contributed by atoms with van der Waals surface area (Å²) < 4.78 is 27.9. The van der Waals surface area contributed by atoms with Crippen molar-refractivity contribution < 1.29 is 13.2 Å². The molecule has 1 aromatic carbocycles. The Bertz CT molecular complexity index is 1120. The van der Waals surface area contributed by atoms with Gasteiger partial charge in [0.05, 0.1) is 22.5 Å². The summed E-state index contributed by atoms with van der Waals surface area (Å²) in [6.07, 6.45) is 1.55. The molecule has 8 nitrogen and oxygen atoms in total. The number of carbonyl (C=O) groups excluding carboxylic acids is 1. The normalized spacial score (nSPS) is 11.7. The number of benzene rings is 1. The minimum absolute atomic E-state index is 0.0347. The predicted molar refractivity (Wildman–Crippen MR) is 98.6 cm³/mol. The number of nitrogens with zero attached hydrogens (tertiary/aromatic N) is 3. The maximum Gasteiger partial charge on any atom is 0.256 e. The van der Waals surface area contributed by atoms with Crippen molar-refractivity contribution in [3.8, 4) is 0 Å². The number of hydrogen-bond acceptors (Lipinski definition) is 5. The fraction of sp³-hybridized carbons (Fsp3) is 0.235. The van der Waals surface area contributed by atoms with E-state index in [9.17, 15) is 13.2 Å². The minimum atomic E-state index is -3.63. The van der Waals surface area contributed by atoms with Gasteiger partial charge in [-0.3, -0.25) is 9.48 Å². The Balaban J connectivity index is 1.95. The molecule has 0 aliphatic heterocycles. The van der Waals surface area contributed by atoms with Gasteiger partial charge < -0.3 is 5.32 Å². The third-order valence-electron chi connectivity index (χ3n) is 4.15. The topological polar surface area (TPSA) is 106 Å². The molecule has 0 aliphatic carbocycles. The average Bonchev–Trinajstić information content (AvgIpc) is 2.89. The number of pyridine rings is 1. The van der Waals surface area contributed by atoms with E-state index in [2.05, 4.69) is 20.1 Å². The predicted octanol–water partition coefficient (Wildman–Crippen LogP) is 1.75. The molecule has 0 aliphatic rings. The number of carbonyl (C=O) groups is 1. The van der Waals surface area contributed by atoms with Gasteiger partial charge in [-0.25, -0.2) is 18.1 Å². The van der Waals surface area contributed by atoms with Gasteiger partial charge in [0, 0.05) is 18.0 Å². The van der Waals surface area contributed by atoms with Crippen LogP contribution in [0.3, 0.4) is 0 Å². The lowest BCUT2D eigenvalue weighted by Gasteiger charge is -2.10. The van der Waals surface area contributed by atoms with Crippen molar-refractivity contribution in [2.45, 2.75) is 18.7 Å². The number of anilines is 1. The highest BCUT2D eigenvalue weighted by Gasteiger charge is 2.17. The smallest absolute Gasteiger partial charge is 0.256 e. The van der Waals surface area contributed by atoms with E-state index in [1.807, 2.05) is 6.92 Å². The van der Waals surface area contributed by atoms with Gasteiger partial charge in [0.1, 0.15) is 0 Å². The maximum atomic E-state index is 12.7. The molecule has 2 aromatic heterocycles. The summed E-state index contributed by atoms with van der Waals surface area (Å²) in [4.78, 5) is 17.0. The number of aryl methyl sites for hydroxylation is 3. The zero-order valence-electron chi connectivity index (χ0n) is 14.9. The SMILES string of the molecule is CNS(=O)(=O)c1ccc(C)c(C(=O)Nc2cnc3c(c2)c(C)nn3C)c1. The van der Waals surface area contributed by atoms with E-state index < -0.39 is 15.9 Å². The molecular weight excluding hydrogens is 354 g/mol. The van der Waals surface area contributed by atoms with E-state index in [0.717, 1.165) is 16.7 Å². The average molecular weight is 373 g/mol. The minimum Gasteiger partial charge on any atom is -0.321 e. The first-order valence-electron chi connectivity index (χ1n) is 7.88. The molecule has 26 heavy (non-hydrogen) atoms. The Kier molecular flexibility index (Phi) is 4.51. The van der Waals surface area contributed by atoms with Gasteiger partial charge >= 0.3 is 0 Å². The number of aromatic nitrogens is 3. The summed E-state index contributed by atoms with van der Waals surface area (Å²) in [6, 6.07) is 6.22. The van der Waals surface area contributed by atoms with Crippen molar-refractivity contribution in [3.63, 3.8) is 0 Å². The Morgan fingerprint density at radius 1 is 1.19 bits per heavy atom. The standard InChI is InChI=1S/C17H19N5O3S/c1-10-5-6-13(26(24,25)18-3)8-14(10)17(23)20-12-7-15-11(2)21-22(4)16(15)19-9-12/h5-9,18H,1-4H3,(H,20,23). The molecule has 3 rings (SSSR count). The van der Waals surface area contributed by atoms with Crippen LogP contribution in [0, 0.1) is 13.8 Å². The third kappa shape index (κ3) is 3.18. The van der Waals surface area contributed by atoms with Gasteiger partial charge in [-0.1, -0.05) is 6.07 Å². The molecule has 0 saturated heterocycles. The van der Waals surface area contributed by atoms with Crippen LogP contribution >= 0.6 is 0 Å². The van der Waals surface area contributed by atoms with Crippen molar-refractivity contribution in [1.29, 1.82) is 0 Å². The summed E-state index contributed by atoms with van der Waals surface area (Å²) in [5, 5.41) is 7.91. The Morgan fingerprint density at radius 3 is 2.62 bits per heavy atom. The second-order valence-electron chi connectivity index (χ2n) is 5.94. The number of amides is 1. The molecule has 1 amide bonds. The van der Waals surface area contributed by atoms with Crippen LogP contribution in [-0.2, 0) is 17.1 Å². The number of fused-ring (bicyclic) bond motifs is 1. The van der Waals surface area contributed by atoms with Crippen LogP contribution in [0.1, 0.15) is 21.6 Å². The second-order valence-corrected chi connectivity index (χ2v) is 7.83. The summed E-state index contributed by atoms with van der Waals surface area (Å²) in [5.41, 5.74) is 3.00. The van der Waals surface area contributed by atoms with Crippen LogP contribution < -0.4 is 10.0 Å². The van der Waals surface area contributed by atoms with Gasteiger partial charge in [-0.2, -0.15) is 5.10 Å². The van der Waals surface area contributed by atoms with Crippen LogP contribution in [0.2, 0.25) is 0 Å². The molecule has 0 spiro atoms. The summed E-state index contributed by atoms with van der Waals surface area (Å²) in [5.74, 6) is -0.404. The molecule has 0 bridgehead atoms. The fourth-order valence-electron chi connectivity index (χ4n) is 2.71. The zero-order valence-corrected chi connectivity index (χ0v) is 15.7. The van der Waals surface area contributed by atoms with Crippen molar-refractivity contribution in [1.82, 2.24) is 19.5 Å². The highest BCUT2D eigenvalue weighted by Crippen LogP contribution is 2.21. The molecule has 0 atom stereocenters. The van der Waals surface area contributed by atoms with Gasteiger partial charge in [0.25, 0.3) is 5.91 Å². The van der Waals surface area contributed by atoms with E-state index in [4.69, 9.17) is 0 Å². The van der Waals surface area contributed by atoms with Gasteiger partial charge in [0.2, 0.25) is 10.0 Å². The van der Waals surface area contributed by atoms with E-state index in [1.54, 1.807) is 37.0 Å². The molecular formula is C17H19N5O3S. The number of rotatable bonds is 4. The maximum absolute atomic E-state index is 12.7. The van der Waals surface area contributed by atoms with E-state index in [1.165, 1.54) is 19.2 Å². The highest BCUT2D eigenvalue weighted by molar-refractivity contribution is 7.89. The van der Waals surface area contributed by atoms with E-state index in [-0.39, 0.29) is 10.5 Å². The summed E-state index contributed by atoms with van der Waals surface area (Å²) in [6.45, 7) is 3.61. The van der Waals surface area contributed by atoms with Crippen LogP contribution in [0.4, 0.5) is 5.69 Å². The van der Waals surface area contributed by atoms with Crippen LogP contribution in [0.25, 0.3) is 11.0 Å². The van der Waals surface area contributed by atoms with Gasteiger partial charge in [-0.05, 0) is 44.7 Å². The van der Waals surface area contributed by atoms with Crippen LogP contribution in [0.5, 0.6) is 0 Å². The summed E-state index contributed by atoms with van der Waals surface area (Å²) >= 11 is 0. The first-order valence-corrected chi connectivity index (χ1v) is 9.36. The quantitative estimate of drug-likeness (QED) is 0.725. The number of nitrogens with one attached hydrogen (secondary N) is 2. The van der Waals surface area contributed by atoms with Crippen molar-refractivity contribution in [2.24, 2.45) is 7.05 Å². The van der Waals surface area contributed by atoms with Crippen molar-refractivity contribution >= 4 is 32.7 Å². The van der Waals surface area contributed by atoms with E-state index in [0.29, 0.717) is 11.3 Å². The molecule has 9 heteroatoms. The van der Waals surface area contributed by atoms with Gasteiger partial charge in [-0.15, -0.1) is 0 Å². The lowest BCUT2D eigenvalue weighted by Crippen LogP contribution is -2.20. The molecule has 0 saturated carbocycles. The Morgan fingerprint density at radius 2 is 1.92 bits per heavy atom. The number of sulfonamides is 1. The Hall–Kier alpha value is -2.78. The Labute approximate surface area is 151 Å². The largest absolute Gasteiger partial charge is 0.321 e. The van der Waals surface area contributed by atoms with Crippen LogP contribution in [0.15, 0.2) is 35.4 Å². The molecule has 0 unspecified atom stereocenters. The van der Waals surface area contributed by atoms with Crippen LogP contribution in [-0.4, -0.2) is 36.1 Å². The highest BCUT2D eigenvalue weighted by atomic mass is 32.2. The van der Waals surface area contributed by atoms with Crippen molar-refractivity contribution in [2.75, 3.05) is 12.4 Å². The lowest BCUT2D eigenvalue weighted by atomic mass is 10.1. The third-order valence-corrected chi connectivity index (χ3v) is 5.57. The molecule has 2 N–H and O–H groups in total. The summed E-state index contributed by atoms with van der Waals surface area (Å²) in [7, 11) is -0.500.